The molecule has 0 spiro atoms. The first-order valence-corrected chi connectivity index (χ1v) is 9.54. The normalized spacial score (nSPS) is 13.7. The molecule has 0 heterocycles. The Morgan fingerprint density at radius 1 is 1.04 bits per heavy atom. The van der Waals surface area contributed by atoms with E-state index < -0.39 is 60.8 Å². The van der Waals surface area contributed by atoms with E-state index in [2.05, 4.69) is 16.0 Å². The molecular formula is C15H26N4O7S. The van der Waals surface area contributed by atoms with E-state index in [-0.39, 0.29) is 6.42 Å². The molecule has 3 amide bonds. The number of aliphatic carboxylic acids is 2. The van der Waals surface area contributed by atoms with Crippen molar-refractivity contribution in [1.82, 2.24) is 16.0 Å². The van der Waals surface area contributed by atoms with Gasteiger partial charge in [-0.1, -0.05) is 0 Å². The summed E-state index contributed by atoms with van der Waals surface area (Å²) in [5.74, 6) is -3.80. The SMILES string of the molecule is CSCCC(N)C(=O)NC(C)C(=O)NCC(=O)NC(CCC(=O)O)C(=O)O. The van der Waals surface area contributed by atoms with E-state index in [4.69, 9.17) is 15.9 Å². The molecule has 154 valence electrons. The number of hydrogen-bond donors (Lipinski definition) is 6. The lowest BCUT2D eigenvalue weighted by atomic mass is 10.1. The molecule has 12 heteroatoms. The molecule has 0 fully saturated rings. The van der Waals surface area contributed by atoms with Crippen LogP contribution in [0.25, 0.3) is 0 Å². The molecule has 0 radical (unpaired) electrons. The number of nitrogens with two attached hydrogens (primary N) is 1. The summed E-state index contributed by atoms with van der Waals surface area (Å²) in [5, 5.41) is 24.3. The Kier molecular flexibility index (Phi) is 11.8. The van der Waals surface area contributed by atoms with E-state index in [9.17, 15) is 24.0 Å². The van der Waals surface area contributed by atoms with Crippen LogP contribution in [0.1, 0.15) is 26.2 Å². The zero-order valence-electron chi connectivity index (χ0n) is 15.2. The molecule has 0 rings (SSSR count). The minimum absolute atomic E-state index is 0.287. The van der Waals surface area contributed by atoms with Crippen molar-refractivity contribution in [3.8, 4) is 0 Å². The van der Waals surface area contributed by atoms with Crippen molar-refractivity contribution in [3.63, 3.8) is 0 Å². The van der Waals surface area contributed by atoms with Crippen molar-refractivity contribution in [1.29, 1.82) is 0 Å². The van der Waals surface area contributed by atoms with Crippen LogP contribution in [0.5, 0.6) is 0 Å². The Labute approximate surface area is 160 Å². The minimum Gasteiger partial charge on any atom is -0.481 e. The maximum atomic E-state index is 11.9. The highest BCUT2D eigenvalue weighted by Crippen LogP contribution is 1.99. The highest BCUT2D eigenvalue weighted by Gasteiger charge is 2.23. The van der Waals surface area contributed by atoms with Gasteiger partial charge in [0.2, 0.25) is 17.7 Å². The van der Waals surface area contributed by atoms with Crippen molar-refractivity contribution in [2.45, 2.75) is 44.3 Å². The largest absolute Gasteiger partial charge is 0.481 e. The van der Waals surface area contributed by atoms with Gasteiger partial charge in [-0.3, -0.25) is 19.2 Å². The molecule has 3 atom stereocenters. The second-order valence-corrected chi connectivity index (χ2v) is 6.71. The summed E-state index contributed by atoms with van der Waals surface area (Å²) in [4.78, 5) is 57.0. The van der Waals surface area contributed by atoms with Crippen LogP contribution in [0.4, 0.5) is 0 Å². The third-order valence-electron chi connectivity index (χ3n) is 3.43. The molecule has 0 aliphatic heterocycles. The smallest absolute Gasteiger partial charge is 0.326 e. The first kappa shape index (κ1) is 24.7. The third-order valence-corrected chi connectivity index (χ3v) is 4.07. The Hall–Kier alpha value is -2.34. The second-order valence-electron chi connectivity index (χ2n) is 5.73. The summed E-state index contributed by atoms with van der Waals surface area (Å²) in [7, 11) is 0. The molecule has 0 aliphatic rings. The van der Waals surface area contributed by atoms with Crippen LogP contribution < -0.4 is 21.7 Å². The van der Waals surface area contributed by atoms with Crippen molar-refractivity contribution in [2.24, 2.45) is 5.73 Å². The number of nitrogens with one attached hydrogen (secondary N) is 3. The van der Waals surface area contributed by atoms with E-state index in [0.29, 0.717) is 12.2 Å². The predicted molar refractivity (Wildman–Crippen MR) is 98.0 cm³/mol. The molecular weight excluding hydrogens is 380 g/mol. The van der Waals surface area contributed by atoms with Gasteiger partial charge >= 0.3 is 11.9 Å². The summed E-state index contributed by atoms with van der Waals surface area (Å²) in [6, 6.07) is -3.06. The quantitative estimate of drug-likeness (QED) is 0.203. The fraction of sp³-hybridized carbons (Fsp3) is 0.667. The van der Waals surface area contributed by atoms with E-state index in [1.54, 1.807) is 0 Å². The summed E-state index contributed by atoms with van der Waals surface area (Å²) >= 11 is 1.54. The lowest BCUT2D eigenvalue weighted by molar-refractivity contribution is -0.143. The summed E-state index contributed by atoms with van der Waals surface area (Å²) < 4.78 is 0. The van der Waals surface area contributed by atoms with Crippen molar-refractivity contribution < 1.29 is 34.2 Å². The molecule has 0 aromatic heterocycles. The number of rotatable bonds is 13. The van der Waals surface area contributed by atoms with Crippen LogP contribution in [-0.4, -0.2) is 76.6 Å². The van der Waals surface area contributed by atoms with Gasteiger partial charge in [-0.25, -0.2) is 4.79 Å². The lowest BCUT2D eigenvalue weighted by Gasteiger charge is -2.18. The maximum Gasteiger partial charge on any atom is 0.326 e. The molecule has 27 heavy (non-hydrogen) atoms. The van der Waals surface area contributed by atoms with Crippen LogP contribution in [-0.2, 0) is 24.0 Å². The molecule has 0 aliphatic carbocycles. The number of carbonyl (C=O) groups is 5. The first-order valence-electron chi connectivity index (χ1n) is 8.15. The molecule has 3 unspecified atom stereocenters. The van der Waals surface area contributed by atoms with E-state index in [0.717, 1.165) is 0 Å². The van der Waals surface area contributed by atoms with Gasteiger partial charge in [-0.05, 0) is 31.8 Å². The van der Waals surface area contributed by atoms with Gasteiger partial charge < -0.3 is 31.9 Å². The van der Waals surface area contributed by atoms with Gasteiger partial charge in [0, 0.05) is 6.42 Å². The molecule has 0 saturated heterocycles. The van der Waals surface area contributed by atoms with E-state index in [1.807, 2.05) is 6.26 Å². The number of amides is 3. The summed E-state index contributed by atoms with van der Waals surface area (Å²) in [6.07, 6.45) is 1.62. The molecule has 7 N–H and O–H groups in total. The Balaban J connectivity index is 4.37. The number of carbonyl (C=O) groups excluding carboxylic acids is 3. The van der Waals surface area contributed by atoms with Gasteiger partial charge in [-0.15, -0.1) is 0 Å². The minimum atomic E-state index is -1.38. The third kappa shape index (κ3) is 11.1. The molecule has 0 bridgehead atoms. The zero-order valence-corrected chi connectivity index (χ0v) is 16.0. The fourth-order valence-corrected chi connectivity index (χ4v) is 2.34. The van der Waals surface area contributed by atoms with Crippen LogP contribution in [0.15, 0.2) is 0 Å². The number of carboxylic acids is 2. The number of carboxylic acid groups (broad SMARTS) is 2. The number of thioether (sulfide) groups is 1. The van der Waals surface area contributed by atoms with Gasteiger partial charge in [0.1, 0.15) is 12.1 Å². The van der Waals surface area contributed by atoms with Crippen molar-refractivity contribution >= 4 is 41.4 Å². The Morgan fingerprint density at radius 2 is 1.67 bits per heavy atom. The van der Waals surface area contributed by atoms with Gasteiger partial charge in [0.25, 0.3) is 0 Å². The van der Waals surface area contributed by atoms with Gasteiger partial charge in [-0.2, -0.15) is 11.8 Å². The van der Waals surface area contributed by atoms with Gasteiger partial charge in [0.05, 0.1) is 12.6 Å². The van der Waals surface area contributed by atoms with Gasteiger partial charge in [0.15, 0.2) is 0 Å². The van der Waals surface area contributed by atoms with E-state index in [1.165, 1.54) is 18.7 Å². The highest BCUT2D eigenvalue weighted by molar-refractivity contribution is 7.98. The Bertz CT molecular complexity index is 558. The Morgan fingerprint density at radius 3 is 2.19 bits per heavy atom. The number of hydrogen-bond acceptors (Lipinski definition) is 7. The monoisotopic (exact) mass is 406 g/mol. The molecule has 0 aromatic carbocycles. The average molecular weight is 406 g/mol. The second kappa shape index (κ2) is 12.9. The first-order chi connectivity index (χ1) is 12.6. The summed E-state index contributed by atoms with van der Waals surface area (Å²) in [5.41, 5.74) is 5.69. The van der Waals surface area contributed by atoms with Crippen molar-refractivity contribution in [3.05, 3.63) is 0 Å². The summed E-state index contributed by atoms with van der Waals surface area (Å²) in [6.45, 7) is 0.897. The zero-order chi connectivity index (χ0) is 21.0. The van der Waals surface area contributed by atoms with Crippen LogP contribution >= 0.6 is 11.8 Å². The molecule has 0 saturated carbocycles. The molecule has 11 nitrogen and oxygen atoms in total. The maximum absolute atomic E-state index is 11.9. The lowest BCUT2D eigenvalue weighted by Crippen LogP contribution is -2.52. The van der Waals surface area contributed by atoms with Crippen LogP contribution in [0.3, 0.4) is 0 Å². The van der Waals surface area contributed by atoms with E-state index >= 15 is 0 Å². The highest BCUT2D eigenvalue weighted by atomic mass is 32.2. The van der Waals surface area contributed by atoms with Crippen molar-refractivity contribution in [2.75, 3.05) is 18.6 Å². The molecule has 0 aromatic rings. The van der Waals surface area contributed by atoms with Crippen LogP contribution in [0.2, 0.25) is 0 Å². The standard InChI is InChI=1S/C15H26N4O7S/c1-8(18-14(24)9(16)5-6-27-2)13(23)17-7-11(20)19-10(15(25)26)3-4-12(21)22/h8-10H,3-7,16H2,1-2H3,(H,17,23)(H,18,24)(H,19,20)(H,21,22)(H,25,26). The average Bonchev–Trinajstić information content (AvgIpc) is 2.60. The topological polar surface area (TPSA) is 188 Å². The van der Waals surface area contributed by atoms with Crippen LogP contribution in [0, 0.1) is 0 Å². The fourth-order valence-electron chi connectivity index (χ4n) is 1.85. The predicted octanol–water partition coefficient (Wildman–Crippen LogP) is -1.88.